The van der Waals surface area contributed by atoms with Crippen LogP contribution in [0.5, 0.6) is 0 Å². The van der Waals surface area contributed by atoms with Crippen molar-refractivity contribution in [2.24, 2.45) is 0 Å². The third-order valence-corrected chi connectivity index (χ3v) is 7.88. The van der Waals surface area contributed by atoms with E-state index in [-0.39, 0.29) is 4.58 Å². The second-order valence-corrected chi connectivity index (χ2v) is 9.37. The highest BCUT2D eigenvalue weighted by atomic mass is 32.2. The molecule has 1 saturated heterocycles. The summed E-state index contributed by atoms with van der Waals surface area (Å²) in [5.41, 5.74) is 0.239. The van der Waals surface area contributed by atoms with Gasteiger partial charge in [0.2, 0.25) is 0 Å². The number of benzene rings is 1. The fraction of sp³-hybridized carbons (Fsp3) is 0.545. The molecule has 8 heteroatoms. The number of carboxylic acid groups (broad SMARTS) is 2. The van der Waals surface area contributed by atoms with Gasteiger partial charge in [-0.25, -0.2) is 9.59 Å². The smallest absolute Gasteiger partial charge is 0.414 e. The van der Waals surface area contributed by atoms with E-state index < -0.39 is 17.5 Å². The maximum absolute atomic E-state index is 11.5. The van der Waals surface area contributed by atoms with E-state index in [1.54, 1.807) is 0 Å². The van der Waals surface area contributed by atoms with Gasteiger partial charge in [0.25, 0.3) is 0 Å². The van der Waals surface area contributed by atoms with Crippen LogP contribution in [0.4, 0.5) is 0 Å². The lowest BCUT2D eigenvalue weighted by molar-refractivity contribution is -0.159. The summed E-state index contributed by atoms with van der Waals surface area (Å²) >= 11 is 3.79. The molecule has 6 nitrogen and oxygen atoms in total. The maximum Gasteiger partial charge on any atom is 0.414 e. The van der Waals surface area contributed by atoms with Crippen molar-refractivity contribution in [2.45, 2.75) is 43.3 Å². The minimum Gasteiger partial charge on any atom is -0.473 e. The second-order valence-electron chi connectivity index (χ2n) is 6.64. The summed E-state index contributed by atoms with van der Waals surface area (Å²) in [6, 6.07) is 10.2. The summed E-state index contributed by atoms with van der Waals surface area (Å²) in [5, 5.41) is 26.3. The van der Waals surface area contributed by atoms with E-state index in [0.29, 0.717) is 6.42 Å². The number of carboxylic acids is 2. The molecule has 2 rings (SSSR count). The van der Waals surface area contributed by atoms with E-state index in [1.807, 2.05) is 41.7 Å². The molecule has 166 valence electrons. The molecular formula is C22H31NO5S2. The molecule has 1 unspecified atom stereocenters. The monoisotopic (exact) mass is 453 g/mol. The summed E-state index contributed by atoms with van der Waals surface area (Å²) in [4.78, 5) is 20.5. The first-order valence-electron chi connectivity index (χ1n) is 10.0. The van der Waals surface area contributed by atoms with Crippen molar-refractivity contribution in [1.82, 2.24) is 4.90 Å². The van der Waals surface area contributed by atoms with Crippen molar-refractivity contribution in [3.63, 3.8) is 0 Å². The number of rotatable bonds is 7. The first-order valence-corrected chi connectivity index (χ1v) is 12.1. The molecule has 1 aromatic carbocycles. The number of thioether (sulfide) groups is 2. The van der Waals surface area contributed by atoms with Crippen LogP contribution in [-0.2, 0) is 15.2 Å². The Kier molecular flexibility index (Phi) is 12.6. The van der Waals surface area contributed by atoms with Crippen LogP contribution in [0, 0.1) is 11.8 Å². The van der Waals surface area contributed by atoms with Crippen molar-refractivity contribution in [2.75, 3.05) is 31.1 Å². The van der Waals surface area contributed by atoms with Crippen LogP contribution < -0.4 is 0 Å². The Morgan fingerprint density at radius 1 is 1.07 bits per heavy atom. The van der Waals surface area contributed by atoms with Crippen LogP contribution in [0.3, 0.4) is 0 Å². The first-order chi connectivity index (χ1) is 14.3. The van der Waals surface area contributed by atoms with Crippen molar-refractivity contribution in [1.29, 1.82) is 0 Å². The SMILES string of the molecule is CCN(CC)CC#CCCC(O)(c1ccccc1)C1SCCCS1.O=C(O)C(=O)O. The van der Waals surface area contributed by atoms with E-state index in [1.165, 1.54) is 6.42 Å². The van der Waals surface area contributed by atoms with Gasteiger partial charge in [-0.15, -0.1) is 29.4 Å². The minimum atomic E-state index is -1.82. The number of carbonyl (C=O) groups is 2. The van der Waals surface area contributed by atoms with Crippen LogP contribution in [0.15, 0.2) is 30.3 Å². The number of nitrogens with zero attached hydrogens (tertiary/aromatic N) is 1. The number of hydrogen-bond acceptors (Lipinski definition) is 6. The van der Waals surface area contributed by atoms with Gasteiger partial charge in [0, 0.05) is 6.42 Å². The molecule has 1 heterocycles. The van der Waals surface area contributed by atoms with Gasteiger partial charge in [-0.2, -0.15) is 0 Å². The van der Waals surface area contributed by atoms with E-state index >= 15 is 0 Å². The van der Waals surface area contributed by atoms with Crippen LogP contribution in [0.2, 0.25) is 0 Å². The van der Waals surface area contributed by atoms with Gasteiger partial charge in [0.1, 0.15) is 5.60 Å². The minimum absolute atomic E-state index is 0.207. The highest BCUT2D eigenvalue weighted by Gasteiger charge is 2.39. The second kappa shape index (κ2) is 14.4. The summed E-state index contributed by atoms with van der Waals surface area (Å²) in [6.45, 7) is 7.22. The van der Waals surface area contributed by atoms with Crippen LogP contribution in [-0.4, -0.2) is 67.9 Å². The van der Waals surface area contributed by atoms with Gasteiger partial charge < -0.3 is 15.3 Å². The normalized spacial score (nSPS) is 15.9. The molecule has 1 aliphatic rings. The molecule has 0 saturated carbocycles. The van der Waals surface area contributed by atoms with Gasteiger partial charge in [0.15, 0.2) is 0 Å². The van der Waals surface area contributed by atoms with Crippen molar-refractivity contribution < 1.29 is 24.9 Å². The lowest BCUT2D eigenvalue weighted by atomic mass is 9.90. The lowest BCUT2D eigenvalue weighted by Crippen LogP contribution is -2.37. The molecule has 0 spiro atoms. The molecule has 1 aliphatic heterocycles. The van der Waals surface area contributed by atoms with Crippen molar-refractivity contribution in [3.8, 4) is 11.8 Å². The predicted molar refractivity (Wildman–Crippen MR) is 124 cm³/mol. The largest absolute Gasteiger partial charge is 0.473 e. The van der Waals surface area contributed by atoms with Gasteiger partial charge >= 0.3 is 11.9 Å². The quantitative estimate of drug-likeness (QED) is 0.427. The highest BCUT2D eigenvalue weighted by molar-refractivity contribution is 8.17. The Labute approximate surface area is 187 Å². The molecule has 1 fully saturated rings. The number of aliphatic carboxylic acids is 2. The Bertz CT molecular complexity index is 697. The summed E-state index contributed by atoms with van der Waals surface area (Å²) in [6.07, 6.45) is 2.68. The number of hydrogen-bond donors (Lipinski definition) is 3. The fourth-order valence-electron chi connectivity index (χ4n) is 2.84. The third-order valence-electron chi connectivity index (χ3n) is 4.63. The zero-order valence-electron chi connectivity index (χ0n) is 17.5. The Balaban J connectivity index is 0.000000656. The predicted octanol–water partition coefficient (Wildman–Crippen LogP) is 3.35. The molecule has 0 aliphatic carbocycles. The topological polar surface area (TPSA) is 98.1 Å². The highest BCUT2D eigenvalue weighted by Crippen LogP contribution is 2.45. The third kappa shape index (κ3) is 9.00. The average Bonchev–Trinajstić information content (AvgIpc) is 2.77. The van der Waals surface area contributed by atoms with Crippen LogP contribution in [0.25, 0.3) is 0 Å². The average molecular weight is 454 g/mol. The van der Waals surface area contributed by atoms with Gasteiger partial charge in [-0.1, -0.05) is 50.1 Å². The van der Waals surface area contributed by atoms with E-state index in [2.05, 4.69) is 42.7 Å². The summed E-state index contributed by atoms with van der Waals surface area (Å²) in [5.74, 6) is 5.17. The Morgan fingerprint density at radius 3 is 2.13 bits per heavy atom. The Hall–Kier alpha value is -1.66. The number of aliphatic hydroxyl groups is 1. The van der Waals surface area contributed by atoms with E-state index in [0.717, 1.165) is 43.1 Å². The molecule has 1 aromatic rings. The fourth-order valence-corrected chi connectivity index (χ4v) is 6.10. The molecule has 0 amide bonds. The molecule has 0 aromatic heterocycles. The summed E-state index contributed by atoms with van der Waals surface area (Å²) < 4.78 is 0.207. The zero-order valence-corrected chi connectivity index (χ0v) is 19.2. The van der Waals surface area contributed by atoms with Crippen LogP contribution in [0.1, 0.15) is 38.7 Å². The first kappa shape index (κ1) is 26.4. The van der Waals surface area contributed by atoms with Gasteiger partial charge in [-0.3, -0.25) is 4.90 Å². The molecule has 0 bridgehead atoms. The van der Waals surface area contributed by atoms with E-state index in [4.69, 9.17) is 19.8 Å². The molecule has 30 heavy (non-hydrogen) atoms. The lowest BCUT2D eigenvalue weighted by Gasteiger charge is -2.37. The zero-order chi connectivity index (χ0) is 22.4. The Morgan fingerprint density at radius 2 is 1.63 bits per heavy atom. The van der Waals surface area contributed by atoms with Gasteiger partial charge in [0.05, 0.1) is 11.1 Å². The van der Waals surface area contributed by atoms with Gasteiger partial charge in [-0.05, 0) is 43.0 Å². The molecule has 0 radical (unpaired) electrons. The van der Waals surface area contributed by atoms with E-state index in [9.17, 15) is 5.11 Å². The molecule has 3 N–H and O–H groups in total. The summed E-state index contributed by atoms with van der Waals surface area (Å²) in [7, 11) is 0. The molecular weight excluding hydrogens is 422 g/mol. The van der Waals surface area contributed by atoms with Crippen molar-refractivity contribution >= 4 is 35.5 Å². The standard InChI is InChI=1S/C20H29NOS2.C2H2O4/c1-3-21(4-2)15-10-6-9-14-20(22,18-12-7-5-8-13-18)19-23-16-11-17-24-19;3-1(4)2(5)6/h5,7-8,12-13,19,22H,3-4,9,11,14-17H2,1-2H3;(H,3,4)(H,5,6). The maximum atomic E-state index is 11.5. The van der Waals surface area contributed by atoms with Crippen LogP contribution >= 0.6 is 23.5 Å². The molecule has 1 atom stereocenters. The van der Waals surface area contributed by atoms with Crippen molar-refractivity contribution in [3.05, 3.63) is 35.9 Å².